The van der Waals surface area contributed by atoms with Gasteiger partial charge in [0.1, 0.15) is 11.9 Å². The topological polar surface area (TPSA) is 55.8 Å². The van der Waals surface area contributed by atoms with Crippen LogP contribution in [0, 0.1) is 0 Å². The van der Waals surface area contributed by atoms with E-state index in [-0.39, 0.29) is 24.0 Å². The van der Waals surface area contributed by atoms with Crippen molar-refractivity contribution < 1.29 is 19.1 Å². The molecule has 5 heteroatoms. The number of hydrogen-bond donors (Lipinski definition) is 0. The maximum absolute atomic E-state index is 12.3. The Morgan fingerprint density at radius 3 is 2.75 bits per heavy atom. The average Bonchev–Trinajstić information content (AvgIpc) is 2.95. The first-order valence-corrected chi connectivity index (χ1v) is 6.91. The van der Waals surface area contributed by atoms with Gasteiger partial charge in [-0.05, 0) is 12.1 Å². The highest BCUT2D eigenvalue weighted by molar-refractivity contribution is 5.94. The quantitative estimate of drug-likeness (QED) is 0.784. The Morgan fingerprint density at radius 2 is 1.95 bits per heavy atom. The second kappa shape index (κ2) is 4.06. The number of rotatable bonds is 1. The molecule has 3 fully saturated rings. The summed E-state index contributed by atoms with van der Waals surface area (Å²) in [6.45, 7) is 0.546. The Hall–Kier alpha value is -1.88. The van der Waals surface area contributed by atoms with E-state index in [0.29, 0.717) is 25.9 Å². The Labute approximate surface area is 116 Å². The van der Waals surface area contributed by atoms with Crippen LogP contribution in [0.25, 0.3) is 0 Å². The number of para-hydroxylation sites is 1. The van der Waals surface area contributed by atoms with Gasteiger partial charge in [0.05, 0.1) is 12.6 Å². The number of carbonyl (C=O) groups excluding carboxylic acids is 2. The Morgan fingerprint density at radius 1 is 1.15 bits per heavy atom. The van der Waals surface area contributed by atoms with Crippen LogP contribution in [0.1, 0.15) is 19.3 Å². The van der Waals surface area contributed by atoms with Crippen LogP contribution in [0.5, 0.6) is 0 Å². The molecule has 1 amide bonds. The van der Waals surface area contributed by atoms with Crippen molar-refractivity contribution >= 4 is 17.6 Å². The highest BCUT2D eigenvalue weighted by atomic mass is 16.6. The zero-order valence-electron chi connectivity index (χ0n) is 11.0. The van der Waals surface area contributed by atoms with Crippen molar-refractivity contribution in [3.05, 3.63) is 30.3 Å². The van der Waals surface area contributed by atoms with Crippen LogP contribution in [0.2, 0.25) is 0 Å². The van der Waals surface area contributed by atoms with E-state index in [1.54, 1.807) is 4.90 Å². The molecular formula is C15H15NO4. The minimum atomic E-state index is -0.638. The first-order chi connectivity index (χ1) is 9.71. The number of benzene rings is 1. The minimum Gasteiger partial charge on any atom is -0.437 e. The van der Waals surface area contributed by atoms with Gasteiger partial charge in [-0.2, -0.15) is 0 Å². The smallest absolute Gasteiger partial charge is 0.415 e. The van der Waals surface area contributed by atoms with E-state index in [0.717, 1.165) is 5.69 Å². The van der Waals surface area contributed by atoms with Gasteiger partial charge in [0.25, 0.3) is 0 Å². The first kappa shape index (κ1) is 11.9. The van der Waals surface area contributed by atoms with E-state index >= 15 is 0 Å². The summed E-state index contributed by atoms with van der Waals surface area (Å²) in [6.07, 6.45) is 0.718. The zero-order valence-corrected chi connectivity index (χ0v) is 11.0. The molecule has 3 atom stereocenters. The summed E-state index contributed by atoms with van der Waals surface area (Å²) in [4.78, 5) is 25.9. The summed E-state index contributed by atoms with van der Waals surface area (Å²) in [7, 11) is 0. The van der Waals surface area contributed by atoms with Crippen LogP contribution in [0.4, 0.5) is 10.5 Å². The third-order valence-electron chi connectivity index (χ3n) is 4.58. The van der Waals surface area contributed by atoms with E-state index < -0.39 is 5.60 Å². The van der Waals surface area contributed by atoms with Crippen molar-refractivity contribution in [3.63, 3.8) is 0 Å². The number of nitrogens with zero attached hydrogens (tertiary/aromatic N) is 1. The van der Waals surface area contributed by atoms with Crippen LogP contribution in [0.15, 0.2) is 30.3 Å². The number of carbonyl (C=O) groups is 2. The predicted octanol–water partition coefficient (Wildman–Crippen LogP) is 1.90. The molecule has 1 aromatic carbocycles. The number of hydrogen-bond acceptors (Lipinski definition) is 4. The van der Waals surface area contributed by atoms with E-state index in [1.807, 2.05) is 30.3 Å². The van der Waals surface area contributed by atoms with Crippen LogP contribution >= 0.6 is 0 Å². The molecule has 2 heterocycles. The number of ketones is 1. The third-order valence-corrected chi connectivity index (χ3v) is 4.58. The van der Waals surface area contributed by atoms with Gasteiger partial charge in [-0.1, -0.05) is 18.2 Å². The van der Waals surface area contributed by atoms with Crippen molar-refractivity contribution in [1.29, 1.82) is 0 Å². The molecule has 20 heavy (non-hydrogen) atoms. The molecule has 5 nitrogen and oxygen atoms in total. The van der Waals surface area contributed by atoms with Gasteiger partial charge in [-0.3, -0.25) is 9.69 Å². The lowest BCUT2D eigenvalue weighted by atomic mass is 9.77. The molecule has 1 aromatic rings. The monoisotopic (exact) mass is 273 g/mol. The standard InChI is InChI=1S/C15H15NO4/c17-11-8-12-15(6-7-19-13(15)9-11)20-14(18)16(12)10-4-2-1-3-5-10/h1-5,12-13H,6-9H2/t12-,13-,15-/m0/s1. The number of amides is 1. The Bertz CT molecular complexity index is 572. The van der Waals surface area contributed by atoms with E-state index in [2.05, 4.69) is 0 Å². The van der Waals surface area contributed by atoms with E-state index in [4.69, 9.17) is 9.47 Å². The summed E-state index contributed by atoms with van der Waals surface area (Å²) in [6, 6.07) is 9.13. The molecule has 2 saturated heterocycles. The lowest BCUT2D eigenvalue weighted by Crippen LogP contribution is -2.56. The molecule has 0 unspecified atom stereocenters. The molecule has 0 aromatic heterocycles. The normalized spacial score (nSPS) is 35.7. The first-order valence-electron chi connectivity index (χ1n) is 6.91. The highest BCUT2D eigenvalue weighted by Crippen LogP contribution is 2.48. The second-order valence-corrected chi connectivity index (χ2v) is 5.60. The van der Waals surface area contributed by atoms with Gasteiger partial charge in [0.2, 0.25) is 0 Å². The molecular weight excluding hydrogens is 258 g/mol. The second-order valence-electron chi connectivity index (χ2n) is 5.60. The molecule has 1 aliphatic carbocycles. The molecule has 1 spiro atoms. The van der Waals surface area contributed by atoms with Crippen LogP contribution in [-0.4, -0.2) is 36.2 Å². The van der Waals surface area contributed by atoms with Gasteiger partial charge in [-0.15, -0.1) is 0 Å². The molecule has 3 aliphatic rings. The van der Waals surface area contributed by atoms with Crippen molar-refractivity contribution in [2.45, 2.75) is 37.0 Å². The summed E-state index contributed by atoms with van der Waals surface area (Å²) in [5.74, 6) is 0.136. The Balaban J connectivity index is 1.78. The highest BCUT2D eigenvalue weighted by Gasteiger charge is 2.64. The number of anilines is 1. The minimum absolute atomic E-state index is 0.136. The molecule has 0 bridgehead atoms. The molecule has 0 N–H and O–H groups in total. The molecule has 1 saturated carbocycles. The third kappa shape index (κ3) is 1.47. The van der Waals surface area contributed by atoms with Gasteiger partial charge < -0.3 is 9.47 Å². The van der Waals surface area contributed by atoms with Gasteiger partial charge in [-0.25, -0.2) is 4.79 Å². The number of ether oxygens (including phenoxy) is 2. The number of Topliss-reactive ketones (excluding diaryl/α,β-unsaturated/α-hetero) is 1. The lowest BCUT2D eigenvalue weighted by molar-refractivity contribution is -0.131. The SMILES string of the molecule is O=C1C[C@@H]2OCC[C@@]23OC(=O)N(c2ccccc2)[C@H]3C1. The molecule has 0 radical (unpaired) electrons. The fourth-order valence-corrected chi connectivity index (χ4v) is 3.66. The summed E-state index contributed by atoms with van der Waals surface area (Å²) in [5, 5.41) is 0. The van der Waals surface area contributed by atoms with Gasteiger partial charge >= 0.3 is 6.09 Å². The zero-order chi connectivity index (χ0) is 13.7. The average molecular weight is 273 g/mol. The summed E-state index contributed by atoms with van der Waals surface area (Å²) >= 11 is 0. The molecule has 2 aliphatic heterocycles. The predicted molar refractivity (Wildman–Crippen MR) is 70.5 cm³/mol. The summed E-state index contributed by atoms with van der Waals surface area (Å²) < 4.78 is 11.3. The van der Waals surface area contributed by atoms with Crippen molar-refractivity contribution in [3.8, 4) is 0 Å². The molecule has 104 valence electrons. The van der Waals surface area contributed by atoms with Crippen molar-refractivity contribution in [2.75, 3.05) is 11.5 Å². The van der Waals surface area contributed by atoms with Crippen LogP contribution in [0.3, 0.4) is 0 Å². The lowest BCUT2D eigenvalue weighted by Gasteiger charge is -2.38. The maximum atomic E-state index is 12.3. The maximum Gasteiger partial charge on any atom is 0.415 e. The van der Waals surface area contributed by atoms with E-state index in [1.165, 1.54) is 0 Å². The van der Waals surface area contributed by atoms with Crippen molar-refractivity contribution in [1.82, 2.24) is 0 Å². The van der Waals surface area contributed by atoms with Crippen molar-refractivity contribution in [2.24, 2.45) is 0 Å². The van der Waals surface area contributed by atoms with Gasteiger partial charge in [0, 0.05) is 24.9 Å². The molecule has 4 rings (SSSR count). The van der Waals surface area contributed by atoms with Crippen LogP contribution in [-0.2, 0) is 14.3 Å². The largest absolute Gasteiger partial charge is 0.437 e. The van der Waals surface area contributed by atoms with Crippen LogP contribution < -0.4 is 4.90 Å². The fourth-order valence-electron chi connectivity index (χ4n) is 3.66. The Kier molecular flexibility index (Phi) is 2.41. The van der Waals surface area contributed by atoms with E-state index in [9.17, 15) is 9.59 Å². The summed E-state index contributed by atoms with van der Waals surface area (Å²) in [5.41, 5.74) is 0.139. The van der Waals surface area contributed by atoms with Gasteiger partial charge in [0.15, 0.2) is 5.60 Å². The fraction of sp³-hybridized carbons (Fsp3) is 0.467.